The number of anilines is 2. The number of halogens is 12. The summed E-state index contributed by atoms with van der Waals surface area (Å²) in [6.07, 6.45) is -23.9. The number of nitrogens with two attached hydrogens (primary N) is 1. The van der Waals surface area contributed by atoms with Gasteiger partial charge in [-0.15, -0.1) is 20.4 Å². The van der Waals surface area contributed by atoms with Crippen LogP contribution in [0.5, 0.6) is 11.8 Å². The van der Waals surface area contributed by atoms with Crippen LogP contribution >= 0.6 is 0 Å². The number of imide groups is 1. The minimum absolute atomic E-state index is 0.0110. The summed E-state index contributed by atoms with van der Waals surface area (Å²) >= 11 is 0. The van der Waals surface area contributed by atoms with E-state index in [9.17, 15) is 49.1 Å². The molecule has 90 heavy (non-hydrogen) atoms. The van der Waals surface area contributed by atoms with Crippen LogP contribution in [-0.4, -0.2) is 78.3 Å². The van der Waals surface area contributed by atoms with Crippen molar-refractivity contribution in [3.63, 3.8) is 0 Å². The number of alkyl halides is 12. The lowest BCUT2D eigenvalue weighted by Gasteiger charge is -2.33. The van der Waals surface area contributed by atoms with E-state index in [1.807, 2.05) is 0 Å². The first kappa shape index (κ1) is 66.7. The summed E-state index contributed by atoms with van der Waals surface area (Å²) in [4.78, 5) is 35.3. The molecule has 0 spiro atoms. The van der Waals surface area contributed by atoms with E-state index in [-0.39, 0.29) is 54.4 Å². The van der Waals surface area contributed by atoms with Gasteiger partial charge in [0.25, 0.3) is 23.6 Å². The average molecular weight is 1290 g/mol. The van der Waals surface area contributed by atoms with Gasteiger partial charge < -0.3 is 43.0 Å². The summed E-state index contributed by atoms with van der Waals surface area (Å²) in [5.41, 5.74) is -7.25. The van der Waals surface area contributed by atoms with Gasteiger partial charge in [0.05, 0.1) is 36.8 Å². The van der Waals surface area contributed by atoms with Crippen LogP contribution in [0.1, 0.15) is 141 Å². The van der Waals surface area contributed by atoms with Crippen LogP contribution < -0.4 is 20.1 Å². The van der Waals surface area contributed by atoms with E-state index in [0.29, 0.717) is 42.5 Å². The highest BCUT2D eigenvalue weighted by molar-refractivity contribution is 6.11. The van der Waals surface area contributed by atoms with Crippen LogP contribution in [0.25, 0.3) is 23.2 Å². The molecule has 4 aromatic heterocycles. The first-order valence-electron chi connectivity index (χ1n) is 28.6. The summed E-state index contributed by atoms with van der Waals surface area (Å²) in [5.74, 6) is -5.59. The SMILES string of the molecule is C[C@@H]1CC2CC2CC[C@](OCc2ccccc2)(C(F)(F)F)c2nnc(o2)-c2nc(c(C(F)(F)F)cc2N(C(=O)OC(C)(C)C)C(=O)OC(C)(C)C)O1.C[C@@H]1CC2CC2CC[C@](OCc2ccccc2)(C(F)(F)F)c2nnc(o2)-c2nc(c(C(F)(F)F)cc2N)O1. The van der Waals surface area contributed by atoms with Gasteiger partial charge in [0.2, 0.25) is 23.0 Å². The highest BCUT2D eigenvalue weighted by Gasteiger charge is 2.63. The van der Waals surface area contributed by atoms with Gasteiger partial charge in [-0.3, -0.25) is 0 Å². The van der Waals surface area contributed by atoms with Gasteiger partial charge >= 0.3 is 36.9 Å². The maximum absolute atomic E-state index is 15.3. The van der Waals surface area contributed by atoms with Crippen LogP contribution in [0.2, 0.25) is 0 Å². The summed E-state index contributed by atoms with van der Waals surface area (Å²) < 4.78 is 220. The van der Waals surface area contributed by atoms with Crippen molar-refractivity contribution < 1.29 is 99.5 Å². The lowest BCUT2D eigenvalue weighted by molar-refractivity contribution is -0.300. The second-order valence-corrected chi connectivity index (χ2v) is 24.7. The summed E-state index contributed by atoms with van der Waals surface area (Å²) in [6, 6.07) is 17.4. The number of nitrogen functional groups attached to an aromatic ring is 1. The Hall–Kier alpha value is -7.76. The molecule has 0 saturated heterocycles. The first-order chi connectivity index (χ1) is 41.8. The van der Waals surface area contributed by atoms with Crippen molar-refractivity contribution in [2.24, 2.45) is 23.7 Å². The van der Waals surface area contributed by atoms with Gasteiger partial charge in [-0.2, -0.15) is 57.6 Å². The number of carbonyl (C=O) groups is 2. The molecule has 6 aromatic rings. The van der Waals surface area contributed by atoms with Gasteiger partial charge in [0.1, 0.15) is 22.3 Å². The molecule has 30 heteroatoms. The Bertz CT molecular complexity index is 3490. The van der Waals surface area contributed by atoms with Crippen molar-refractivity contribution in [3.8, 4) is 34.9 Å². The number of rotatable bonds is 7. The standard InChI is InChI=1S/C35H40F6N4O7.C25H24F6N4O3/c1-19-15-22-16-21(22)13-14-33(35(39,40)41,48-18-20-11-9-8-10-12-20)28-44-43-27(50-28)25-24(17-23(34(36,37)38)26(42-25)49-19)45(29(46)51-31(2,3)4)30(47)52-32(5,6)7;1-13-9-16-10-15(16)7-8-23(25(29,30)31,36-12-14-5-3-2-4-6-14)22-35-34-21(38-22)19-18(32)11-17(24(26,27)28)20(33-19)37-13/h8-12,17,19,21-22H,13-16,18H2,1-7H3;2-6,11,13,15-16H,7-10,12,32H2,1H3/t19-,21?,22?,33-;13-,15?,16?,23-/m11/s1. The van der Waals surface area contributed by atoms with E-state index in [1.54, 1.807) is 67.6 Å². The number of pyridine rings is 2. The van der Waals surface area contributed by atoms with Crippen molar-refractivity contribution in [3.05, 3.63) is 107 Å². The Morgan fingerprint density at radius 3 is 1.33 bits per heavy atom. The number of hydrogen-bond donors (Lipinski definition) is 1. The average Bonchev–Trinajstić information content (AvgIpc) is 1.77. The number of nitrogens with zero attached hydrogens (tertiary/aromatic N) is 7. The van der Waals surface area contributed by atoms with Crippen molar-refractivity contribution >= 4 is 23.6 Å². The number of ether oxygens (including phenoxy) is 6. The molecule has 2 fully saturated rings. The summed E-state index contributed by atoms with van der Waals surface area (Å²) in [6.45, 7) is 10.9. The van der Waals surface area contributed by atoms with Crippen LogP contribution in [0.3, 0.4) is 0 Å². The fourth-order valence-corrected chi connectivity index (χ4v) is 10.7. The van der Waals surface area contributed by atoms with Gasteiger partial charge in [0.15, 0.2) is 11.4 Å². The predicted molar refractivity (Wildman–Crippen MR) is 293 cm³/mol. The zero-order chi connectivity index (χ0) is 65.7. The van der Waals surface area contributed by atoms with Gasteiger partial charge in [-0.25, -0.2) is 19.6 Å². The number of fused-ring (bicyclic) bond motifs is 12. The maximum atomic E-state index is 15.3. The van der Waals surface area contributed by atoms with Gasteiger partial charge in [0, 0.05) is 0 Å². The fraction of sp³-hybridized carbons (Fsp3) is 0.533. The second-order valence-electron chi connectivity index (χ2n) is 24.7. The van der Waals surface area contributed by atoms with Crippen LogP contribution in [0.4, 0.5) is 73.6 Å². The molecule has 18 nitrogen and oxygen atoms in total. The van der Waals surface area contributed by atoms with E-state index < -0.39 is 160 Å². The van der Waals surface area contributed by atoms with Gasteiger partial charge in [-0.05, 0) is 154 Å². The molecule has 2 amide bonds. The molecule has 2 aliphatic heterocycles. The number of aromatic nitrogens is 6. The molecule has 2 saturated carbocycles. The quantitative estimate of drug-likeness (QED) is 0.147. The Kier molecular flexibility index (Phi) is 18.4. The molecule has 6 heterocycles. The number of hydrogen-bond acceptors (Lipinski definition) is 17. The summed E-state index contributed by atoms with van der Waals surface area (Å²) in [7, 11) is 0. The summed E-state index contributed by atoms with van der Waals surface area (Å²) in [5, 5.41) is 14.8. The molecular formula is C60H64F12N8O10. The van der Waals surface area contributed by atoms with Crippen LogP contribution in [0.15, 0.2) is 81.6 Å². The second kappa shape index (κ2) is 24.8. The van der Waals surface area contributed by atoms with Crippen molar-refractivity contribution in [1.29, 1.82) is 0 Å². The third-order valence-corrected chi connectivity index (χ3v) is 15.3. The molecule has 8 bridgehead atoms. The highest BCUT2D eigenvalue weighted by atomic mass is 19.4. The number of carbonyl (C=O) groups excluding carboxylic acids is 2. The molecular weight excluding hydrogens is 1220 g/mol. The Balaban J connectivity index is 0.000000224. The number of benzene rings is 2. The topological polar surface area (TPSA) is 222 Å². The Labute approximate surface area is 507 Å². The zero-order valence-corrected chi connectivity index (χ0v) is 49.8. The zero-order valence-electron chi connectivity index (χ0n) is 49.8. The normalized spacial score (nSPS) is 23.8. The number of amides is 2. The first-order valence-corrected chi connectivity index (χ1v) is 28.6. The van der Waals surface area contributed by atoms with E-state index in [4.69, 9.17) is 43.0 Å². The van der Waals surface area contributed by atoms with E-state index >= 15 is 13.2 Å². The molecule has 4 unspecified atom stereocenters. The highest BCUT2D eigenvalue weighted by Crippen LogP contribution is 2.55. The molecule has 2 aromatic carbocycles. The van der Waals surface area contributed by atoms with Crippen LogP contribution in [-0.2, 0) is 55.7 Å². The molecule has 4 aliphatic rings. The fourth-order valence-electron chi connectivity index (χ4n) is 10.7. The van der Waals surface area contributed by atoms with Crippen molar-refractivity contribution in [2.45, 2.75) is 179 Å². The van der Waals surface area contributed by atoms with Crippen molar-refractivity contribution in [1.82, 2.24) is 30.4 Å². The molecule has 488 valence electrons. The third-order valence-electron chi connectivity index (χ3n) is 15.3. The van der Waals surface area contributed by atoms with Crippen LogP contribution in [0, 0.1) is 23.7 Å². The predicted octanol–water partition coefficient (Wildman–Crippen LogP) is 15.7. The molecule has 0 radical (unpaired) electrons. The van der Waals surface area contributed by atoms with Gasteiger partial charge in [-0.1, -0.05) is 60.7 Å². The minimum Gasteiger partial charge on any atom is -0.474 e. The largest absolute Gasteiger partial charge is 0.474 e. The molecule has 10 rings (SSSR count). The molecule has 2 N–H and O–H groups in total. The Morgan fingerprint density at radius 2 is 0.944 bits per heavy atom. The molecule has 2 aliphatic carbocycles. The van der Waals surface area contributed by atoms with E-state index in [1.165, 1.54) is 48.5 Å². The van der Waals surface area contributed by atoms with E-state index in [0.717, 1.165) is 0 Å². The van der Waals surface area contributed by atoms with Crippen molar-refractivity contribution in [2.75, 3.05) is 10.6 Å². The third kappa shape index (κ3) is 15.2. The molecule has 8 atom stereocenters. The maximum Gasteiger partial charge on any atom is 0.426 e. The minimum atomic E-state index is -5.16. The lowest BCUT2D eigenvalue weighted by atomic mass is 9.93. The Morgan fingerprint density at radius 1 is 0.556 bits per heavy atom. The smallest absolute Gasteiger partial charge is 0.426 e. The monoisotopic (exact) mass is 1280 g/mol. The lowest BCUT2D eigenvalue weighted by Crippen LogP contribution is -2.45. The van der Waals surface area contributed by atoms with E-state index in [2.05, 4.69) is 30.4 Å².